The average Bonchev–Trinajstić information content (AvgIpc) is 3.58. The number of benzene rings is 2. The molecule has 41 heavy (non-hydrogen) atoms. The number of hydrogen-bond donors (Lipinski definition) is 1. The number of para-hydroxylation sites is 1. The molecule has 1 amide bonds. The van der Waals surface area contributed by atoms with Crippen molar-refractivity contribution in [3.05, 3.63) is 78.8 Å². The van der Waals surface area contributed by atoms with E-state index in [9.17, 15) is 10.1 Å². The van der Waals surface area contributed by atoms with Crippen LogP contribution in [0.3, 0.4) is 0 Å². The number of carbonyl (C=O) groups is 1. The molecule has 1 aliphatic heterocycles. The predicted molar refractivity (Wildman–Crippen MR) is 160 cm³/mol. The highest BCUT2D eigenvalue weighted by atomic mass is 16.5. The van der Waals surface area contributed by atoms with Gasteiger partial charge in [-0.2, -0.15) is 5.26 Å². The summed E-state index contributed by atoms with van der Waals surface area (Å²) in [5.41, 5.74) is 8.67. The molecule has 0 radical (unpaired) electrons. The number of rotatable bonds is 8. The van der Waals surface area contributed by atoms with Gasteiger partial charge >= 0.3 is 0 Å². The minimum atomic E-state index is -0.433. The van der Waals surface area contributed by atoms with E-state index in [2.05, 4.69) is 16.0 Å². The number of carbonyl (C=O) groups excluding carboxylic acids is 1. The third-order valence-corrected chi connectivity index (χ3v) is 7.87. The van der Waals surface area contributed by atoms with Crippen LogP contribution in [0.15, 0.2) is 78.8 Å². The molecule has 1 aliphatic rings. The Bertz CT molecular complexity index is 1620. The summed E-state index contributed by atoms with van der Waals surface area (Å²) in [5, 5.41) is 10.6. The summed E-state index contributed by atoms with van der Waals surface area (Å²) in [6.45, 7) is 5.11. The lowest BCUT2D eigenvalue weighted by Crippen LogP contribution is -2.41. The van der Waals surface area contributed by atoms with Gasteiger partial charge in [-0.3, -0.25) is 4.79 Å². The minimum Gasteiger partial charge on any atom is -0.457 e. The van der Waals surface area contributed by atoms with Crippen molar-refractivity contribution in [2.24, 2.45) is 0 Å². The molecule has 2 aromatic carbocycles. The largest absolute Gasteiger partial charge is 0.457 e. The van der Waals surface area contributed by atoms with Crippen molar-refractivity contribution in [1.82, 2.24) is 24.3 Å². The number of amides is 1. The number of nitrogens with zero attached hydrogens (tertiary/aromatic N) is 6. The molecule has 1 saturated heterocycles. The van der Waals surface area contributed by atoms with Gasteiger partial charge in [-0.05, 0) is 76.7 Å². The molecule has 210 valence electrons. The third-order valence-electron chi connectivity index (χ3n) is 7.87. The Morgan fingerprint density at radius 1 is 1.15 bits per heavy atom. The van der Waals surface area contributed by atoms with Crippen molar-refractivity contribution in [1.29, 1.82) is 5.26 Å². The maximum absolute atomic E-state index is 13.5. The Morgan fingerprint density at radius 3 is 2.54 bits per heavy atom. The SMILES string of the molecule is CN(C)C(C)(C)/C=C(\C#N)C(=O)N1CCC[C@H]1Cn1cc(-c2ccc(Oc3ccccc3)cc2)c2c(N)ncnc21. The fourth-order valence-electron chi connectivity index (χ4n) is 5.13. The van der Waals surface area contributed by atoms with Gasteiger partial charge in [0.15, 0.2) is 0 Å². The molecule has 5 rings (SSSR count). The second-order valence-corrected chi connectivity index (χ2v) is 11.1. The molecule has 2 N–H and O–H groups in total. The summed E-state index contributed by atoms with van der Waals surface area (Å²) in [5.74, 6) is 1.66. The van der Waals surface area contributed by atoms with E-state index in [1.54, 1.807) is 6.08 Å². The van der Waals surface area contributed by atoms with E-state index in [0.717, 1.165) is 40.9 Å². The average molecular weight is 550 g/mol. The number of hydrogen-bond acceptors (Lipinski definition) is 7. The Labute approximate surface area is 240 Å². The van der Waals surface area contributed by atoms with Gasteiger partial charge in [0.2, 0.25) is 0 Å². The molecule has 2 aromatic heterocycles. The number of likely N-dealkylation sites (N-methyl/N-ethyl adjacent to an activating group) is 1. The van der Waals surface area contributed by atoms with Crippen molar-refractivity contribution in [2.45, 2.75) is 44.8 Å². The van der Waals surface area contributed by atoms with Crippen LogP contribution in [0.4, 0.5) is 5.82 Å². The van der Waals surface area contributed by atoms with Crippen molar-refractivity contribution in [3.8, 4) is 28.7 Å². The topological polar surface area (TPSA) is 113 Å². The summed E-state index contributed by atoms with van der Waals surface area (Å²) in [6.07, 6.45) is 6.96. The van der Waals surface area contributed by atoms with Crippen LogP contribution in [0, 0.1) is 11.3 Å². The minimum absolute atomic E-state index is 0.0805. The molecular formula is C32H35N7O2. The van der Waals surface area contributed by atoms with Gasteiger partial charge in [0.1, 0.15) is 40.9 Å². The summed E-state index contributed by atoms with van der Waals surface area (Å²) in [4.78, 5) is 26.2. The molecule has 9 heteroatoms. The van der Waals surface area contributed by atoms with Gasteiger partial charge in [0.25, 0.3) is 5.91 Å². The number of nitrogens with two attached hydrogens (primary N) is 1. The number of nitrogen functional groups attached to an aromatic ring is 1. The first-order valence-electron chi connectivity index (χ1n) is 13.7. The standard InChI is InChI=1S/C32H35N7O2/c1-32(2,37(3)4)17-23(18-33)31(40)39-16-8-9-24(39)19-38-20-27(28-29(34)35-21-36-30(28)38)22-12-14-26(15-13-22)41-25-10-6-5-7-11-25/h5-7,10-15,17,20-21,24H,8-9,16,19H2,1-4H3,(H2,34,35,36)/b23-17+/t24-/m0/s1. The smallest absolute Gasteiger partial charge is 0.264 e. The molecule has 0 saturated carbocycles. The molecule has 1 fully saturated rings. The van der Waals surface area contributed by atoms with Gasteiger partial charge < -0.3 is 24.8 Å². The van der Waals surface area contributed by atoms with Crippen molar-refractivity contribution >= 4 is 22.8 Å². The van der Waals surface area contributed by atoms with Crippen LogP contribution < -0.4 is 10.5 Å². The lowest BCUT2D eigenvalue weighted by molar-refractivity contribution is -0.127. The Balaban J connectivity index is 1.43. The fourth-order valence-corrected chi connectivity index (χ4v) is 5.13. The van der Waals surface area contributed by atoms with Crippen LogP contribution in [0.25, 0.3) is 22.2 Å². The molecule has 0 unspecified atom stereocenters. The molecule has 0 spiro atoms. The monoisotopic (exact) mass is 549 g/mol. The van der Waals surface area contributed by atoms with Gasteiger partial charge in [0.05, 0.1) is 11.4 Å². The van der Waals surface area contributed by atoms with Gasteiger partial charge in [-0.1, -0.05) is 30.3 Å². The van der Waals surface area contributed by atoms with E-state index < -0.39 is 5.54 Å². The van der Waals surface area contributed by atoms with E-state index in [1.807, 2.05) is 103 Å². The summed E-state index contributed by atoms with van der Waals surface area (Å²) in [7, 11) is 3.86. The first-order valence-corrected chi connectivity index (χ1v) is 13.7. The Morgan fingerprint density at radius 2 is 1.85 bits per heavy atom. The number of anilines is 1. The maximum atomic E-state index is 13.5. The molecule has 3 heterocycles. The van der Waals surface area contributed by atoms with Crippen LogP contribution in [-0.2, 0) is 11.3 Å². The first-order chi connectivity index (χ1) is 19.7. The third kappa shape index (κ3) is 5.79. The van der Waals surface area contributed by atoms with Gasteiger partial charge in [-0.15, -0.1) is 0 Å². The van der Waals surface area contributed by atoms with E-state index in [4.69, 9.17) is 10.5 Å². The van der Waals surface area contributed by atoms with E-state index in [1.165, 1.54) is 6.33 Å². The zero-order chi connectivity index (χ0) is 29.1. The van der Waals surface area contributed by atoms with E-state index >= 15 is 0 Å². The molecule has 0 bridgehead atoms. The number of nitriles is 1. The van der Waals surface area contributed by atoms with E-state index in [0.29, 0.717) is 24.6 Å². The first kappa shape index (κ1) is 27.9. The highest BCUT2D eigenvalue weighted by molar-refractivity contribution is 6.01. The van der Waals surface area contributed by atoms with Crippen molar-refractivity contribution < 1.29 is 9.53 Å². The molecule has 0 aliphatic carbocycles. The highest BCUT2D eigenvalue weighted by Gasteiger charge is 2.33. The normalized spacial score (nSPS) is 15.9. The second-order valence-electron chi connectivity index (χ2n) is 11.1. The van der Waals surface area contributed by atoms with Crippen LogP contribution in [0.2, 0.25) is 0 Å². The summed E-state index contributed by atoms with van der Waals surface area (Å²) in [6, 6.07) is 19.5. The van der Waals surface area contributed by atoms with E-state index in [-0.39, 0.29) is 17.5 Å². The predicted octanol–water partition coefficient (Wildman–Crippen LogP) is 5.25. The fraction of sp³-hybridized carbons (Fsp3) is 0.312. The summed E-state index contributed by atoms with van der Waals surface area (Å²) < 4.78 is 8.01. The zero-order valence-electron chi connectivity index (χ0n) is 23.9. The Hall–Kier alpha value is -4.68. The maximum Gasteiger partial charge on any atom is 0.264 e. The molecule has 4 aromatic rings. The number of likely N-dealkylation sites (tertiary alicyclic amines) is 1. The van der Waals surface area contributed by atoms with Crippen LogP contribution >= 0.6 is 0 Å². The lowest BCUT2D eigenvalue weighted by atomic mass is 9.99. The number of ether oxygens (including phenoxy) is 1. The van der Waals surface area contributed by atoms with Crippen LogP contribution in [0.5, 0.6) is 11.5 Å². The summed E-state index contributed by atoms with van der Waals surface area (Å²) >= 11 is 0. The van der Waals surface area contributed by atoms with Crippen LogP contribution in [0.1, 0.15) is 26.7 Å². The van der Waals surface area contributed by atoms with Gasteiger partial charge in [0, 0.05) is 30.4 Å². The van der Waals surface area contributed by atoms with Gasteiger partial charge in [-0.25, -0.2) is 9.97 Å². The molecular weight excluding hydrogens is 514 g/mol. The van der Waals surface area contributed by atoms with Crippen molar-refractivity contribution in [3.63, 3.8) is 0 Å². The van der Waals surface area contributed by atoms with Crippen LogP contribution in [-0.4, -0.2) is 62.5 Å². The lowest BCUT2D eigenvalue weighted by Gasteiger charge is -2.30. The van der Waals surface area contributed by atoms with Crippen molar-refractivity contribution in [2.75, 3.05) is 26.4 Å². The Kier molecular flexibility index (Phi) is 7.77. The molecule has 1 atom stereocenters. The number of fused-ring (bicyclic) bond motifs is 1. The second kappa shape index (κ2) is 11.4. The highest BCUT2D eigenvalue weighted by Crippen LogP contribution is 2.35. The molecule has 9 nitrogen and oxygen atoms in total. The quantitative estimate of drug-likeness (QED) is 0.236. The zero-order valence-corrected chi connectivity index (χ0v) is 23.9. The number of aromatic nitrogens is 3.